The minimum Gasteiger partial charge on any atom is -0.348 e. The smallest absolute Gasteiger partial charge is 0.337 e. The molecule has 2 aromatic carbocycles. The number of thiazole rings is 1. The Balaban J connectivity index is 1.14. The molecule has 0 atom stereocenters. The number of amides is 1. The van der Waals surface area contributed by atoms with Gasteiger partial charge >= 0.3 is 5.69 Å². The van der Waals surface area contributed by atoms with E-state index in [0.717, 1.165) is 56.1 Å². The number of rotatable bonds is 8. The van der Waals surface area contributed by atoms with E-state index in [-0.39, 0.29) is 23.0 Å². The normalized spacial score (nSPS) is 19.0. The predicted octanol–water partition coefficient (Wildman–Crippen LogP) is 5.25. The van der Waals surface area contributed by atoms with E-state index < -0.39 is 23.1 Å². The number of piperazine rings is 1. The molecule has 0 unspecified atom stereocenters. The Labute approximate surface area is 287 Å². The Morgan fingerprint density at radius 2 is 1.71 bits per heavy atom. The summed E-state index contributed by atoms with van der Waals surface area (Å²) in [6.07, 6.45) is 3.22. The lowest BCUT2D eigenvalue weighted by Crippen LogP contribution is -2.48. The molecule has 1 saturated carbocycles. The molecule has 1 aliphatic heterocycles. The Kier molecular flexibility index (Phi) is 9.53. The van der Waals surface area contributed by atoms with Crippen LogP contribution < -0.4 is 16.6 Å². The molecule has 1 amide bonds. The lowest BCUT2D eigenvalue weighted by Gasteiger charge is -2.36. The van der Waals surface area contributed by atoms with E-state index >= 15 is 0 Å². The zero-order chi connectivity index (χ0) is 34.1. The second-order valence-corrected chi connectivity index (χ2v) is 14.0. The quantitative estimate of drug-likeness (QED) is 0.239. The molecule has 1 saturated heterocycles. The van der Waals surface area contributed by atoms with Gasteiger partial charge in [0.05, 0.1) is 22.8 Å². The molecule has 4 heterocycles. The molecule has 2 aliphatic rings. The highest BCUT2D eigenvalue weighted by atomic mass is 32.1. The van der Waals surface area contributed by atoms with Crippen LogP contribution in [0.3, 0.4) is 0 Å². The number of fused-ring (bicyclic) bond motifs is 1. The summed E-state index contributed by atoms with van der Waals surface area (Å²) in [5.41, 5.74) is 4.72. The summed E-state index contributed by atoms with van der Waals surface area (Å²) < 4.78 is 17.2. The molecule has 0 radical (unpaired) electrons. The predicted molar refractivity (Wildman–Crippen MR) is 190 cm³/mol. The van der Waals surface area contributed by atoms with Gasteiger partial charge in [-0.1, -0.05) is 36.4 Å². The molecule has 3 aromatic heterocycles. The van der Waals surface area contributed by atoms with Crippen molar-refractivity contribution in [2.45, 2.75) is 64.2 Å². The Morgan fingerprint density at radius 3 is 2.41 bits per heavy atom. The van der Waals surface area contributed by atoms with Gasteiger partial charge in [0.2, 0.25) is 0 Å². The van der Waals surface area contributed by atoms with Crippen molar-refractivity contribution >= 4 is 28.3 Å². The maximum absolute atomic E-state index is 14.5. The second-order valence-electron chi connectivity index (χ2n) is 13.3. The summed E-state index contributed by atoms with van der Waals surface area (Å²) in [7, 11) is 0. The van der Waals surface area contributed by atoms with Crippen molar-refractivity contribution in [3.63, 3.8) is 0 Å². The molecule has 2 fully saturated rings. The minimum atomic E-state index is -0.648. The number of halogens is 1. The first kappa shape index (κ1) is 33.0. The maximum Gasteiger partial charge on any atom is 0.337 e. The van der Waals surface area contributed by atoms with Crippen LogP contribution in [0, 0.1) is 5.82 Å². The van der Waals surface area contributed by atoms with Crippen LogP contribution >= 0.6 is 11.3 Å². The highest BCUT2D eigenvalue weighted by molar-refractivity contribution is 7.07. The first-order chi connectivity index (χ1) is 23.7. The third-order valence-corrected chi connectivity index (χ3v) is 10.5. The van der Waals surface area contributed by atoms with E-state index in [2.05, 4.69) is 63.2 Å². The number of nitrogens with zero attached hydrogens (tertiary/aromatic N) is 6. The second kappa shape index (κ2) is 14.1. The number of pyridine rings is 1. The molecule has 254 valence electrons. The van der Waals surface area contributed by atoms with E-state index in [1.54, 1.807) is 17.0 Å². The van der Waals surface area contributed by atoms with E-state index in [4.69, 9.17) is 0 Å². The lowest BCUT2D eigenvalue weighted by molar-refractivity contribution is 0.0917. The molecule has 10 nitrogen and oxygen atoms in total. The number of carbonyl (C=O) groups is 1. The van der Waals surface area contributed by atoms with Gasteiger partial charge in [0.15, 0.2) is 5.65 Å². The SMILES string of the molecule is CC(C)N1CCN(Cc2ccc(-c3cccc(-n4c(=O)n(C5CCC(NC(=O)c6cscn6)CC5)c(=O)c5cc(F)cnc54)c3)cc2)CC1. The van der Waals surface area contributed by atoms with Crippen LogP contribution in [0.25, 0.3) is 27.8 Å². The zero-order valence-corrected chi connectivity index (χ0v) is 28.5. The van der Waals surface area contributed by atoms with Gasteiger partial charge in [-0.3, -0.25) is 24.0 Å². The molecule has 7 rings (SSSR count). The Hall–Kier alpha value is -4.52. The average molecular weight is 682 g/mol. The van der Waals surface area contributed by atoms with Crippen molar-refractivity contribution < 1.29 is 9.18 Å². The van der Waals surface area contributed by atoms with Crippen LogP contribution in [0.5, 0.6) is 0 Å². The van der Waals surface area contributed by atoms with Crippen molar-refractivity contribution in [3.05, 3.63) is 110 Å². The highest BCUT2D eigenvalue weighted by Gasteiger charge is 2.28. The molecule has 1 N–H and O–H groups in total. The number of aromatic nitrogens is 4. The van der Waals surface area contributed by atoms with Crippen LogP contribution in [-0.4, -0.2) is 73.1 Å². The third kappa shape index (κ3) is 6.99. The zero-order valence-electron chi connectivity index (χ0n) is 27.7. The van der Waals surface area contributed by atoms with E-state index in [0.29, 0.717) is 43.1 Å². The van der Waals surface area contributed by atoms with Crippen LogP contribution in [-0.2, 0) is 6.54 Å². The van der Waals surface area contributed by atoms with Crippen molar-refractivity contribution in [1.82, 2.24) is 34.2 Å². The number of carbonyl (C=O) groups excluding carboxylic acids is 1. The fourth-order valence-electron chi connectivity index (χ4n) is 7.12. The highest BCUT2D eigenvalue weighted by Crippen LogP contribution is 2.29. The molecule has 5 aromatic rings. The minimum absolute atomic E-state index is 0.0440. The summed E-state index contributed by atoms with van der Waals surface area (Å²) in [4.78, 5) is 53.9. The summed E-state index contributed by atoms with van der Waals surface area (Å²) >= 11 is 1.36. The monoisotopic (exact) mass is 681 g/mol. The topological polar surface area (TPSA) is 105 Å². The number of nitrogens with one attached hydrogen (secondary N) is 1. The van der Waals surface area contributed by atoms with Crippen LogP contribution in [0.2, 0.25) is 0 Å². The fourth-order valence-corrected chi connectivity index (χ4v) is 7.65. The van der Waals surface area contributed by atoms with Gasteiger partial charge in [0.25, 0.3) is 11.5 Å². The number of hydrogen-bond donors (Lipinski definition) is 1. The van der Waals surface area contributed by atoms with Gasteiger partial charge in [0, 0.05) is 56.2 Å². The number of benzene rings is 2. The summed E-state index contributed by atoms with van der Waals surface area (Å²) in [6, 6.07) is 17.3. The van der Waals surface area contributed by atoms with Gasteiger partial charge in [0.1, 0.15) is 11.5 Å². The first-order valence-electron chi connectivity index (χ1n) is 16.9. The lowest BCUT2D eigenvalue weighted by atomic mass is 9.90. The van der Waals surface area contributed by atoms with Crippen LogP contribution in [0.15, 0.2) is 81.3 Å². The standard InChI is InChI=1S/C37H40FN7O3S/c1-24(2)43-16-14-42(15-17-43)21-25-6-8-26(9-7-25)27-4-3-5-31(18-27)44-34-32(19-28(38)20-39-34)36(47)45(37(44)48)30-12-10-29(11-13-30)41-35(46)33-22-49-23-40-33/h3-9,18-20,22-24,29-30H,10-17,21H2,1-2H3,(H,41,46). The molecule has 0 bridgehead atoms. The van der Waals surface area contributed by atoms with Gasteiger partial charge in [-0.2, -0.15) is 0 Å². The van der Waals surface area contributed by atoms with Crippen molar-refractivity contribution in [2.75, 3.05) is 26.2 Å². The van der Waals surface area contributed by atoms with Crippen molar-refractivity contribution in [1.29, 1.82) is 0 Å². The summed E-state index contributed by atoms with van der Waals surface area (Å²) in [5.74, 6) is -0.878. The number of hydrogen-bond acceptors (Lipinski definition) is 8. The van der Waals surface area contributed by atoms with Crippen LogP contribution in [0.1, 0.15) is 61.6 Å². The van der Waals surface area contributed by atoms with Crippen molar-refractivity contribution in [3.8, 4) is 16.8 Å². The molecule has 1 aliphatic carbocycles. The summed E-state index contributed by atoms with van der Waals surface area (Å²) in [5, 5.41) is 4.76. The first-order valence-corrected chi connectivity index (χ1v) is 17.9. The largest absolute Gasteiger partial charge is 0.348 e. The van der Waals surface area contributed by atoms with E-state index in [9.17, 15) is 18.8 Å². The summed E-state index contributed by atoms with van der Waals surface area (Å²) in [6.45, 7) is 9.66. The van der Waals surface area contributed by atoms with Gasteiger partial charge in [-0.05, 0) is 74.4 Å². The van der Waals surface area contributed by atoms with E-state index in [1.807, 2.05) is 18.2 Å². The van der Waals surface area contributed by atoms with Crippen LogP contribution in [0.4, 0.5) is 4.39 Å². The van der Waals surface area contributed by atoms with Gasteiger partial charge in [-0.15, -0.1) is 11.3 Å². The third-order valence-electron chi connectivity index (χ3n) is 9.89. The van der Waals surface area contributed by atoms with E-state index in [1.165, 1.54) is 26.0 Å². The average Bonchev–Trinajstić information content (AvgIpc) is 3.66. The molecule has 0 spiro atoms. The maximum atomic E-state index is 14.5. The van der Waals surface area contributed by atoms with Gasteiger partial charge < -0.3 is 5.32 Å². The fraction of sp³-hybridized carbons (Fsp3) is 0.378. The molecule has 12 heteroatoms. The van der Waals surface area contributed by atoms with Crippen molar-refractivity contribution in [2.24, 2.45) is 0 Å². The van der Waals surface area contributed by atoms with Gasteiger partial charge in [-0.25, -0.2) is 23.7 Å². The Bertz CT molecular complexity index is 2060. The Morgan fingerprint density at radius 1 is 0.959 bits per heavy atom. The molecular weight excluding hydrogens is 642 g/mol. The molecular formula is C37H40FN7O3S. The molecule has 49 heavy (non-hydrogen) atoms.